The number of rotatable bonds is 7. The second-order valence-electron chi connectivity index (χ2n) is 6.22. The van der Waals surface area contributed by atoms with Crippen LogP contribution >= 0.6 is 11.8 Å². The largest absolute Gasteiger partial charge is 0.370 e. The Morgan fingerprint density at radius 3 is 2.14 bits per heavy atom. The minimum Gasteiger partial charge on any atom is -0.370 e. The van der Waals surface area contributed by atoms with Gasteiger partial charge in [-0.1, -0.05) is 36.0 Å². The van der Waals surface area contributed by atoms with E-state index in [9.17, 15) is 14.4 Å². The highest BCUT2D eigenvalue weighted by atomic mass is 32.2. The number of hydrogen-bond acceptors (Lipinski definition) is 6. The van der Waals surface area contributed by atoms with Gasteiger partial charge >= 0.3 is 0 Å². The second-order valence-corrected chi connectivity index (χ2v) is 7.30. The van der Waals surface area contributed by atoms with Crippen molar-refractivity contribution >= 4 is 40.9 Å². The molecule has 2 aromatic rings. The molecule has 28 heavy (non-hydrogen) atoms. The lowest BCUT2D eigenvalue weighted by molar-refractivity contribution is -0.124. The van der Waals surface area contributed by atoms with E-state index in [1.807, 2.05) is 48.5 Å². The van der Waals surface area contributed by atoms with Crippen LogP contribution in [0.1, 0.15) is 12.8 Å². The minimum atomic E-state index is -0.886. The van der Waals surface area contributed by atoms with Crippen LogP contribution in [0.2, 0.25) is 0 Å². The van der Waals surface area contributed by atoms with Crippen molar-refractivity contribution in [2.75, 3.05) is 11.4 Å². The molecule has 0 radical (unpaired) electrons. The zero-order valence-electron chi connectivity index (χ0n) is 15.1. The van der Waals surface area contributed by atoms with Crippen LogP contribution in [0.25, 0.3) is 0 Å². The van der Waals surface area contributed by atoms with Gasteiger partial charge in [0.25, 0.3) is 5.91 Å². The summed E-state index contributed by atoms with van der Waals surface area (Å²) in [7, 11) is 0. The average molecular weight is 399 g/mol. The number of para-hydroxylation sites is 2. The van der Waals surface area contributed by atoms with Crippen molar-refractivity contribution < 1.29 is 14.4 Å². The molecular formula is C19H21N5O3S. The summed E-state index contributed by atoms with van der Waals surface area (Å²) in [6, 6.07) is 14.4. The first-order valence-electron chi connectivity index (χ1n) is 8.73. The average Bonchev–Trinajstić information content (AvgIpc) is 2.69. The lowest BCUT2D eigenvalue weighted by atomic mass is 10.1. The van der Waals surface area contributed by atoms with Crippen molar-refractivity contribution in [3.63, 3.8) is 0 Å². The fourth-order valence-corrected chi connectivity index (χ4v) is 3.84. The molecule has 1 aliphatic rings. The zero-order valence-corrected chi connectivity index (χ0v) is 15.9. The number of anilines is 2. The van der Waals surface area contributed by atoms with E-state index in [0.717, 1.165) is 21.2 Å². The Kier molecular flexibility index (Phi) is 6.30. The summed E-state index contributed by atoms with van der Waals surface area (Å²) in [6.07, 6.45) is 0.160. The number of nitrogens with zero attached hydrogens (tertiary/aromatic N) is 1. The molecule has 9 heteroatoms. The maximum absolute atomic E-state index is 12.9. The maximum atomic E-state index is 12.9. The summed E-state index contributed by atoms with van der Waals surface area (Å²) in [5.41, 5.74) is 17.4. The van der Waals surface area contributed by atoms with Crippen molar-refractivity contribution in [2.45, 2.75) is 28.7 Å². The highest BCUT2D eigenvalue weighted by Gasteiger charge is 2.27. The van der Waals surface area contributed by atoms with Gasteiger partial charge in [0.15, 0.2) is 0 Å². The van der Waals surface area contributed by atoms with Gasteiger partial charge in [-0.3, -0.25) is 24.7 Å². The summed E-state index contributed by atoms with van der Waals surface area (Å²) in [6.45, 7) is -0.123. The van der Waals surface area contributed by atoms with Crippen molar-refractivity contribution in [3.05, 3.63) is 48.5 Å². The molecule has 0 unspecified atom stereocenters. The first-order chi connectivity index (χ1) is 13.5. The highest BCUT2D eigenvalue weighted by molar-refractivity contribution is 7.99. The maximum Gasteiger partial charge on any atom is 0.251 e. The van der Waals surface area contributed by atoms with Crippen LogP contribution in [0.5, 0.6) is 0 Å². The molecule has 6 N–H and O–H groups in total. The molecule has 0 spiro atoms. The number of primary amides is 1. The molecule has 1 aliphatic heterocycles. The van der Waals surface area contributed by atoms with Gasteiger partial charge in [-0.15, -0.1) is 0 Å². The summed E-state index contributed by atoms with van der Waals surface area (Å²) in [5.74, 6) is -1.26. The third-order valence-corrected chi connectivity index (χ3v) is 5.30. The van der Waals surface area contributed by atoms with E-state index in [1.54, 1.807) is 16.7 Å². The van der Waals surface area contributed by atoms with E-state index in [0.29, 0.717) is 0 Å². The number of carbonyl (C=O) groups is 3. The van der Waals surface area contributed by atoms with E-state index in [2.05, 4.69) is 10.9 Å². The lowest BCUT2D eigenvalue weighted by Gasteiger charge is -2.31. The predicted octanol–water partition coefficient (Wildman–Crippen LogP) is 1.03. The van der Waals surface area contributed by atoms with Crippen molar-refractivity contribution in [2.24, 2.45) is 11.5 Å². The molecule has 146 valence electrons. The number of nitrogens with two attached hydrogens (primary N) is 2. The van der Waals surface area contributed by atoms with Crippen LogP contribution in [0.3, 0.4) is 0 Å². The Hall–Kier alpha value is -2.88. The van der Waals surface area contributed by atoms with Crippen LogP contribution in [-0.2, 0) is 14.4 Å². The quantitative estimate of drug-likeness (QED) is 0.515. The third kappa shape index (κ3) is 4.50. The fraction of sp³-hybridized carbons (Fsp3) is 0.211. The Bertz CT molecular complexity index is 859. The van der Waals surface area contributed by atoms with E-state index in [1.165, 1.54) is 0 Å². The van der Waals surface area contributed by atoms with Crippen molar-refractivity contribution in [1.82, 2.24) is 10.9 Å². The molecular weight excluding hydrogens is 378 g/mol. The van der Waals surface area contributed by atoms with E-state index < -0.39 is 17.9 Å². The summed E-state index contributed by atoms with van der Waals surface area (Å²) in [4.78, 5) is 39.2. The number of fused-ring (bicyclic) bond motifs is 2. The van der Waals surface area contributed by atoms with Gasteiger partial charge in [0.2, 0.25) is 11.8 Å². The first-order valence-corrected chi connectivity index (χ1v) is 9.54. The van der Waals surface area contributed by atoms with Gasteiger partial charge in [-0.05, 0) is 30.7 Å². The Labute approximate surface area is 166 Å². The predicted molar refractivity (Wildman–Crippen MR) is 107 cm³/mol. The molecule has 1 atom stereocenters. The van der Waals surface area contributed by atoms with E-state index >= 15 is 0 Å². The smallest absolute Gasteiger partial charge is 0.251 e. The Balaban J connectivity index is 1.65. The Morgan fingerprint density at radius 2 is 1.57 bits per heavy atom. The standard InChI is InChI=1S/C19H21N5O3S/c20-12(9-10-17(21)25)19(27)23-22-11-18(26)24-13-5-1-3-7-15(13)28-16-8-4-2-6-14(16)24/h1-8,12,22H,9-11,20H2,(H2,21,25)(H,23,27)/t12-/m0/s1. The normalized spacial score (nSPS) is 13.2. The third-order valence-electron chi connectivity index (χ3n) is 4.17. The minimum absolute atomic E-state index is 0.0204. The van der Waals surface area contributed by atoms with Crippen LogP contribution in [0.4, 0.5) is 11.4 Å². The molecule has 0 saturated carbocycles. The Morgan fingerprint density at radius 1 is 1.00 bits per heavy atom. The lowest BCUT2D eigenvalue weighted by Crippen LogP contribution is -2.50. The van der Waals surface area contributed by atoms with Crippen LogP contribution in [-0.4, -0.2) is 30.3 Å². The number of benzene rings is 2. The van der Waals surface area contributed by atoms with Gasteiger partial charge in [-0.2, -0.15) is 0 Å². The number of amides is 3. The molecule has 2 aromatic carbocycles. The van der Waals surface area contributed by atoms with E-state index in [-0.39, 0.29) is 25.3 Å². The molecule has 0 bridgehead atoms. The molecule has 0 aliphatic carbocycles. The van der Waals surface area contributed by atoms with Crippen molar-refractivity contribution in [1.29, 1.82) is 0 Å². The fourth-order valence-electron chi connectivity index (χ4n) is 2.78. The summed E-state index contributed by atoms with van der Waals surface area (Å²) < 4.78 is 0. The molecule has 0 fully saturated rings. The molecule has 3 rings (SSSR count). The SMILES string of the molecule is NC(=O)CC[C@H](N)C(=O)NNCC(=O)N1c2ccccc2Sc2ccccc21. The van der Waals surface area contributed by atoms with Crippen LogP contribution in [0.15, 0.2) is 58.3 Å². The van der Waals surface area contributed by atoms with Gasteiger partial charge in [0, 0.05) is 16.2 Å². The zero-order chi connectivity index (χ0) is 20.1. The van der Waals surface area contributed by atoms with E-state index in [4.69, 9.17) is 11.5 Å². The van der Waals surface area contributed by atoms with Gasteiger partial charge in [0.05, 0.1) is 24.0 Å². The van der Waals surface area contributed by atoms with Gasteiger partial charge < -0.3 is 11.5 Å². The topological polar surface area (TPSA) is 131 Å². The van der Waals surface area contributed by atoms with Gasteiger partial charge in [-0.25, -0.2) is 5.43 Å². The molecule has 0 aromatic heterocycles. The van der Waals surface area contributed by atoms with Crippen molar-refractivity contribution in [3.8, 4) is 0 Å². The molecule has 8 nitrogen and oxygen atoms in total. The second kappa shape index (κ2) is 8.87. The highest BCUT2D eigenvalue weighted by Crippen LogP contribution is 2.47. The summed E-state index contributed by atoms with van der Waals surface area (Å²) in [5, 5.41) is 0. The number of nitrogens with one attached hydrogen (secondary N) is 2. The molecule has 1 heterocycles. The summed E-state index contributed by atoms with van der Waals surface area (Å²) >= 11 is 1.61. The number of carbonyl (C=O) groups excluding carboxylic acids is 3. The number of hydrogen-bond donors (Lipinski definition) is 4. The number of hydrazine groups is 1. The van der Waals surface area contributed by atoms with Gasteiger partial charge in [0.1, 0.15) is 0 Å². The van der Waals surface area contributed by atoms with Crippen LogP contribution in [0, 0.1) is 0 Å². The molecule has 0 saturated heterocycles. The van der Waals surface area contributed by atoms with Crippen LogP contribution < -0.4 is 27.2 Å². The monoisotopic (exact) mass is 399 g/mol. The first kappa shape index (κ1) is 19.9. The molecule has 3 amide bonds.